The molecule has 5 heteroatoms. The third-order valence-electron chi connectivity index (χ3n) is 2.02. The van der Waals surface area contributed by atoms with Gasteiger partial charge in [-0.1, -0.05) is 17.7 Å². The number of nitrogens with one attached hydrogen (secondary N) is 1. The van der Waals surface area contributed by atoms with Crippen molar-refractivity contribution in [3.05, 3.63) is 29.3 Å². The minimum absolute atomic E-state index is 0.145. The molecule has 16 heavy (non-hydrogen) atoms. The van der Waals surface area contributed by atoms with Crippen molar-refractivity contribution in [3.8, 4) is 5.75 Å². The maximum Gasteiger partial charge on any atom is 0.245 e. The zero-order valence-electron chi connectivity index (χ0n) is 9.45. The highest BCUT2D eigenvalue weighted by molar-refractivity contribution is 5.74. The van der Waals surface area contributed by atoms with Crippen molar-refractivity contribution in [2.75, 3.05) is 13.7 Å². The molecule has 0 aliphatic heterocycles. The van der Waals surface area contributed by atoms with Gasteiger partial charge in [-0.15, -0.1) is 0 Å². The second-order valence-corrected chi connectivity index (χ2v) is 3.39. The molecule has 0 aliphatic carbocycles. The Kier molecular flexibility index (Phi) is 4.75. The maximum atomic E-state index is 10.4. The molecule has 0 fully saturated rings. The quantitative estimate of drug-likeness (QED) is 0.545. The first-order valence-corrected chi connectivity index (χ1v) is 4.90. The van der Waals surface area contributed by atoms with Crippen LogP contribution < -0.4 is 16.0 Å². The van der Waals surface area contributed by atoms with Crippen LogP contribution in [0.25, 0.3) is 0 Å². The topological polar surface area (TPSA) is 73.6 Å². The highest BCUT2D eigenvalue weighted by atomic mass is 16.6. The van der Waals surface area contributed by atoms with Gasteiger partial charge in [0.2, 0.25) is 5.91 Å². The molecule has 3 N–H and O–H groups in total. The summed E-state index contributed by atoms with van der Waals surface area (Å²) in [5, 5.41) is 0. The third-order valence-corrected chi connectivity index (χ3v) is 2.02. The number of carbonyl (C=O) groups is 1. The van der Waals surface area contributed by atoms with E-state index in [1.165, 1.54) is 0 Å². The monoisotopic (exact) mass is 224 g/mol. The van der Waals surface area contributed by atoms with E-state index in [1.807, 2.05) is 25.1 Å². The van der Waals surface area contributed by atoms with Gasteiger partial charge in [0.05, 0.1) is 7.11 Å². The molecule has 0 unspecified atom stereocenters. The SMILES string of the molecule is COc1ccc(C)cc1CNOCC(N)=O. The fourth-order valence-electron chi connectivity index (χ4n) is 1.30. The van der Waals surface area contributed by atoms with Gasteiger partial charge in [0, 0.05) is 12.1 Å². The van der Waals surface area contributed by atoms with Crippen LogP contribution in [0.4, 0.5) is 0 Å². The van der Waals surface area contributed by atoms with Gasteiger partial charge < -0.3 is 10.5 Å². The van der Waals surface area contributed by atoms with Gasteiger partial charge in [-0.3, -0.25) is 9.63 Å². The highest BCUT2D eigenvalue weighted by Crippen LogP contribution is 2.19. The number of benzene rings is 1. The van der Waals surface area contributed by atoms with Crippen LogP contribution in [0.3, 0.4) is 0 Å². The van der Waals surface area contributed by atoms with E-state index in [1.54, 1.807) is 7.11 Å². The normalized spacial score (nSPS) is 10.1. The Labute approximate surface area is 94.5 Å². The van der Waals surface area contributed by atoms with Gasteiger partial charge in [0.1, 0.15) is 12.4 Å². The van der Waals surface area contributed by atoms with Gasteiger partial charge in [-0.05, 0) is 13.0 Å². The fraction of sp³-hybridized carbons (Fsp3) is 0.364. The number of methoxy groups -OCH3 is 1. The van der Waals surface area contributed by atoms with E-state index in [9.17, 15) is 4.79 Å². The Bertz CT molecular complexity index is 366. The fourth-order valence-corrected chi connectivity index (χ4v) is 1.30. The summed E-state index contributed by atoms with van der Waals surface area (Å²) in [5.41, 5.74) is 9.67. The molecule has 1 rings (SSSR count). The number of rotatable bonds is 6. The summed E-state index contributed by atoms with van der Waals surface area (Å²) in [4.78, 5) is 15.3. The van der Waals surface area contributed by atoms with Crippen LogP contribution in [0.2, 0.25) is 0 Å². The van der Waals surface area contributed by atoms with E-state index < -0.39 is 5.91 Å². The smallest absolute Gasteiger partial charge is 0.245 e. The van der Waals surface area contributed by atoms with Gasteiger partial charge in [-0.25, -0.2) is 0 Å². The van der Waals surface area contributed by atoms with Crippen molar-refractivity contribution < 1.29 is 14.4 Å². The maximum absolute atomic E-state index is 10.4. The molecule has 0 saturated heterocycles. The summed E-state index contributed by atoms with van der Waals surface area (Å²) >= 11 is 0. The molecule has 0 saturated carbocycles. The average Bonchev–Trinajstić information content (AvgIpc) is 2.24. The summed E-state index contributed by atoms with van der Waals surface area (Å²) in [6.45, 7) is 2.31. The first-order valence-electron chi connectivity index (χ1n) is 4.90. The lowest BCUT2D eigenvalue weighted by Crippen LogP contribution is -2.24. The minimum Gasteiger partial charge on any atom is -0.496 e. The Morgan fingerprint density at radius 1 is 1.50 bits per heavy atom. The van der Waals surface area contributed by atoms with Crippen LogP contribution in [-0.2, 0) is 16.2 Å². The Morgan fingerprint density at radius 2 is 2.25 bits per heavy atom. The van der Waals surface area contributed by atoms with Gasteiger partial charge in [0.15, 0.2) is 0 Å². The molecule has 1 aromatic rings. The van der Waals surface area contributed by atoms with Crippen LogP contribution in [-0.4, -0.2) is 19.6 Å². The molecule has 0 spiro atoms. The second-order valence-electron chi connectivity index (χ2n) is 3.39. The molecule has 5 nitrogen and oxygen atoms in total. The summed E-state index contributed by atoms with van der Waals surface area (Å²) in [6, 6.07) is 5.84. The number of nitrogens with two attached hydrogens (primary N) is 1. The van der Waals surface area contributed by atoms with Crippen LogP contribution in [0, 0.1) is 6.92 Å². The van der Waals surface area contributed by atoms with E-state index >= 15 is 0 Å². The van der Waals surface area contributed by atoms with Crippen LogP contribution in [0.5, 0.6) is 5.75 Å². The lowest BCUT2D eigenvalue weighted by Gasteiger charge is -2.10. The summed E-state index contributed by atoms with van der Waals surface area (Å²) in [6.07, 6.45) is 0. The van der Waals surface area contributed by atoms with E-state index in [0.29, 0.717) is 6.54 Å². The number of hydrogen-bond donors (Lipinski definition) is 2. The van der Waals surface area contributed by atoms with E-state index in [0.717, 1.165) is 16.9 Å². The highest BCUT2D eigenvalue weighted by Gasteiger charge is 2.03. The summed E-state index contributed by atoms with van der Waals surface area (Å²) in [5.74, 6) is 0.268. The number of hydroxylamine groups is 1. The number of ether oxygens (including phenoxy) is 1. The van der Waals surface area contributed by atoms with Crippen molar-refractivity contribution in [2.24, 2.45) is 5.73 Å². The second kappa shape index (κ2) is 6.09. The molecule has 88 valence electrons. The third kappa shape index (κ3) is 3.88. The number of amides is 1. The molecule has 0 heterocycles. The summed E-state index contributed by atoms with van der Waals surface area (Å²) < 4.78 is 5.19. The van der Waals surface area contributed by atoms with Gasteiger partial charge in [0.25, 0.3) is 0 Å². The predicted octanol–water partition coefficient (Wildman–Crippen LogP) is 0.510. The molecule has 1 amide bonds. The average molecular weight is 224 g/mol. The zero-order chi connectivity index (χ0) is 12.0. The lowest BCUT2D eigenvalue weighted by molar-refractivity contribution is -0.125. The lowest BCUT2D eigenvalue weighted by atomic mass is 10.1. The molecule has 0 radical (unpaired) electrons. The number of carbonyl (C=O) groups excluding carboxylic acids is 1. The van der Waals surface area contributed by atoms with Crippen LogP contribution in [0.1, 0.15) is 11.1 Å². The minimum atomic E-state index is -0.510. The standard InChI is InChI=1S/C11H16N2O3/c1-8-3-4-10(15-2)9(5-8)6-13-16-7-11(12)14/h3-5,13H,6-7H2,1-2H3,(H2,12,14). The molecule has 0 aliphatic rings. The molecule has 0 atom stereocenters. The number of aryl methyl sites for hydroxylation is 1. The van der Waals surface area contributed by atoms with Gasteiger partial charge in [-0.2, -0.15) is 5.48 Å². The Balaban J connectivity index is 2.51. The van der Waals surface area contributed by atoms with Crippen molar-refractivity contribution >= 4 is 5.91 Å². The molecular formula is C11H16N2O3. The van der Waals surface area contributed by atoms with Crippen molar-refractivity contribution in [3.63, 3.8) is 0 Å². The first kappa shape index (κ1) is 12.5. The molecule has 0 bridgehead atoms. The molecule has 1 aromatic carbocycles. The Hall–Kier alpha value is -1.59. The van der Waals surface area contributed by atoms with Crippen LogP contribution >= 0.6 is 0 Å². The van der Waals surface area contributed by atoms with E-state index in [-0.39, 0.29) is 6.61 Å². The number of primary amides is 1. The van der Waals surface area contributed by atoms with Crippen molar-refractivity contribution in [1.82, 2.24) is 5.48 Å². The largest absolute Gasteiger partial charge is 0.496 e. The zero-order valence-corrected chi connectivity index (χ0v) is 9.45. The van der Waals surface area contributed by atoms with Crippen molar-refractivity contribution in [2.45, 2.75) is 13.5 Å². The van der Waals surface area contributed by atoms with E-state index in [4.69, 9.17) is 15.3 Å². The van der Waals surface area contributed by atoms with Crippen molar-refractivity contribution in [1.29, 1.82) is 0 Å². The summed E-state index contributed by atoms with van der Waals surface area (Å²) in [7, 11) is 1.61. The van der Waals surface area contributed by atoms with Crippen LogP contribution in [0.15, 0.2) is 18.2 Å². The number of hydrogen-bond acceptors (Lipinski definition) is 4. The Morgan fingerprint density at radius 3 is 2.88 bits per heavy atom. The predicted molar refractivity (Wildman–Crippen MR) is 59.7 cm³/mol. The van der Waals surface area contributed by atoms with Gasteiger partial charge >= 0.3 is 0 Å². The molecular weight excluding hydrogens is 208 g/mol. The van der Waals surface area contributed by atoms with E-state index in [2.05, 4.69) is 5.48 Å². The molecule has 0 aromatic heterocycles. The first-order chi connectivity index (χ1) is 7.63.